The summed E-state index contributed by atoms with van der Waals surface area (Å²) in [6.07, 6.45) is 1.16. The van der Waals surface area contributed by atoms with E-state index in [4.69, 9.17) is 10.00 Å². The van der Waals surface area contributed by atoms with Gasteiger partial charge in [-0.15, -0.1) is 0 Å². The maximum atomic E-state index is 12.2. The highest BCUT2D eigenvalue weighted by Gasteiger charge is 2.20. The molecule has 0 aliphatic heterocycles. The fraction of sp³-hybridized carbons (Fsp3) is 0.300. The zero-order chi connectivity index (χ0) is 19.3. The standard InChI is InChI=1S/C20H21N3O3/c1-5-17(24)18-16(23-19(25)26-20(2,3)4)10-15(12-22-18)14-8-6-7-13(9-14)11-21/h6-10,12H,5H2,1-4H3,(H,23,25). The zero-order valence-electron chi connectivity index (χ0n) is 15.3. The van der Waals surface area contributed by atoms with E-state index in [9.17, 15) is 9.59 Å². The molecular formula is C20H21N3O3. The number of nitrogens with zero attached hydrogens (tertiary/aromatic N) is 2. The van der Waals surface area contributed by atoms with E-state index in [1.807, 2.05) is 6.07 Å². The first-order chi connectivity index (χ1) is 12.2. The van der Waals surface area contributed by atoms with Gasteiger partial charge in [-0.1, -0.05) is 19.1 Å². The molecule has 0 fully saturated rings. The van der Waals surface area contributed by atoms with Crippen molar-refractivity contribution in [2.45, 2.75) is 39.7 Å². The number of pyridine rings is 1. The number of carbonyl (C=O) groups excluding carboxylic acids is 2. The number of nitriles is 1. The van der Waals surface area contributed by atoms with Gasteiger partial charge in [-0.2, -0.15) is 5.26 Å². The van der Waals surface area contributed by atoms with Crippen molar-refractivity contribution in [2.75, 3.05) is 5.32 Å². The normalized spacial score (nSPS) is 10.7. The third-order valence-electron chi connectivity index (χ3n) is 3.43. The molecule has 0 bridgehead atoms. The van der Waals surface area contributed by atoms with Gasteiger partial charge in [-0.05, 0) is 44.5 Å². The Kier molecular flexibility index (Phi) is 5.73. The quantitative estimate of drug-likeness (QED) is 0.815. The molecule has 2 rings (SSSR count). The molecule has 0 aliphatic rings. The number of aromatic nitrogens is 1. The van der Waals surface area contributed by atoms with Crippen molar-refractivity contribution in [3.63, 3.8) is 0 Å². The van der Waals surface area contributed by atoms with E-state index in [-0.39, 0.29) is 23.6 Å². The molecule has 1 N–H and O–H groups in total. The number of amides is 1. The number of rotatable bonds is 4. The van der Waals surface area contributed by atoms with Gasteiger partial charge in [0, 0.05) is 18.2 Å². The molecule has 0 saturated heterocycles. The van der Waals surface area contributed by atoms with Crippen molar-refractivity contribution in [2.24, 2.45) is 0 Å². The Morgan fingerprint density at radius 3 is 2.58 bits per heavy atom. The van der Waals surface area contributed by atoms with Gasteiger partial charge in [-0.25, -0.2) is 4.79 Å². The number of nitrogens with one attached hydrogen (secondary N) is 1. The third kappa shape index (κ3) is 4.90. The largest absolute Gasteiger partial charge is 0.444 e. The first-order valence-corrected chi connectivity index (χ1v) is 8.27. The Morgan fingerprint density at radius 1 is 1.23 bits per heavy atom. The summed E-state index contributed by atoms with van der Waals surface area (Å²) in [5, 5.41) is 11.7. The number of hydrogen-bond donors (Lipinski definition) is 1. The van der Waals surface area contributed by atoms with Crippen molar-refractivity contribution in [1.29, 1.82) is 5.26 Å². The molecule has 1 aromatic heterocycles. The predicted octanol–water partition coefficient (Wildman–Crippen LogP) is 4.56. The van der Waals surface area contributed by atoms with E-state index in [1.54, 1.807) is 58.2 Å². The van der Waals surface area contributed by atoms with E-state index in [1.165, 1.54) is 0 Å². The molecule has 26 heavy (non-hydrogen) atoms. The molecule has 0 saturated carbocycles. The molecule has 0 radical (unpaired) electrons. The Labute approximate surface area is 152 Å². The molecule has 0 unspecified atom stereocenters. The molecule has 134 valence electrons. The van der Waals surface area contributed by atoms with Gasteiger partial charge < -0.3 is 4.74 Å². The van der Waals surface area contributed by atoms with Crippen molar-refractivity contribution >= 4 is 17.6 Å². The van der Waals surface area contributed by atoms with Crippen LogP contribution in [0.3, 0.4) is 0 Å². The average molecular weight is 351 g/mol. The van der Waals surface area contributed by atoms with E-state index < -0.39 is 11.7 Å². The summed E-state index contributed by atoms with van der Waals surface area (Å²) in [7, 11) is 0. The lowest BCUT2D eigenvalue weighted by Gasteiger charge is -2.20. The molecule has 1 heterocycles. The summed E-state index contributed by atoms with van der Waals surface area (Å²) in [4.78, 5) is 28.5. The van der Waals surface area contributed by atoms with Gasteiger partial charge in [0.15, 0.2) is 5.78 Å². The van der Waals surface area contributed by atoms with Crippen LogP contribution in [0.2, 0.25) is 0 Å². The molecule has 0 atom stereocenters. The number of Topliss-reactive ketones (excluding diaryl/α,β-unsaturated/α-hetero) is 1. The molecular weight excluding hydrogens is 330 g/mol. The lowest BCUT2D eigenvalue weighted by molar-refractivity contribution is 0.0636. The summed E-state index contributed by atoms with van der Waals surface area (Å²) in [5.74, 6) is -0.187. The smallest absolute Gasteiger partial charge is 0.412 e. The molecule has 0 spiro atoms. The molecule has 1 aromatic carbocycles. The maximum absolute atomic E-state index is 12.2. The Bertz CT molecular complexity index is 877. The average Bonchev–Trinajstić information content (AvgIpc) is 2.59. The van der Waals surface area contributed by atoms with Gasteiger partial charge in [0.25, 0.3) is 0 Å². The van der Waals surface area contributed by atoms with Crippen LogP contribution in [0.5, 0.6) is 0 Å². The summed E-state index contributed by atoms with van der Waals surface area (Å²) >= 11 is 0. The summed E-state index contributed by atoms with van der Waals surface area (Å²) in [5.41, 5.74) is 1.76. The third-order valence-corrected chi connectivity index (χ3v) is 3.43. The molecule has 6 heteroatoms. The minimum Gasteiger partial charge on any atom is -0.444 e. The number of ketones is 1. The summed E-state index contributed by atoms with van der Waals surface area (Å²) in [6, 6.07) is 10.8. The van der Waals surface area contributed by atoms with E-state index in [0.717, 1.165) is 5.56 Å². The van der Waals surface area contributed by atoms with Gasteiger partial charge in [0.05, 0.1) is 17.3 Å². The van der Waals surface area contributed by atoms with Gasteiger partial charge in [-0.3, -0.25) is 15.1 Å². The molecule has 1 amide bonds. The van der Waals surface area contributed by atoms with Crippen LogP contribution in [0, 0.1) is 11.3 Å². The molecule has 2 aromatic rings. The first kappa shape index (κ1) is 19.1. The van der Waals surface area contributed by atoms with Gasteiger partial charge >= 0.3 is 6.09 Å². The van der Waals surface area contributed by atoms with E-state index in [2.05, 4.69) is 16.4 Å². The van der Waals surface area contributed by atoms with Crippen LogP contribution < -0.4 is 5.32 Å². The number of carbonyl (C=O) groups is 2. The van der Waals surface area contributed by atoms with Crippen molar-refractivity contribution < 1.29 is 14.3 Å². The van der Waals surface area contributed by atoms with E-state index in [0.29, 0.717) is 11.1 Å². The first-order valence-electron chi connectivity index (χ1n) is 8.27. The topological polar surface area (TPSA) is 92.1 Å². The van der Waals surface area contributed by atoms with Crippen LogP contribution >= 0.6 is 0 Å². The lowest BCUT2D eigenvalue weighted by atomic mass is 10.0. The van der Waals surface area contributed by atoms with Crippen LogP contribution in [-0.4, -0.2) is 22.5 Å². The highest BCUT2D eigenvalue weighted by atomic mass is 16.6. The second kappa shape index (κ2) is 7.79. The second-order valence-corrected chi connectivity index (χ2v) is 6.72. The number of benzene rings is 1. The van der Waals surface area contributed by atoms with E-state index >= 15 is 0 Å². The molecule has 6 nitrogen and oxygen atoms in total. The van der Waals surface area contributed by atoms with Gasteiger partial charge in [0.2, 0.25) is 0 Å². The SMILES string of the molecule is CCC(=O)c1ncc(-c2cccc(C#N)c2)cc1NC(=O)OC(C)(C)C. The van der Waals surface area contributed by atoms with Crippen LogP contribution in [0.25, 0.3) is 11.1 Å². The Balaban J connectivity index is 2.43. The Morgan fingerprint density at radius 2 is 1.96 bits per heavy atom. The summed E-state index contributed by atoms with van der Waals surface area (Å²) < 4.78 is 5.26. The minimum absolute atomic E-state index is 0.179. The highest BCUT2D eigenvalue weighted by molar-refractivity contribution is 6.02. The minimum atomic E-state index is -0.662. The van der Waals surface area contributed by atoms with Crippen LogP contribution in [0.15, 0.2) is 36.5 Å². The van der Waals surface area contributed by atoms with Crippen molar-refractivity contribution in [1.82, 2.24) is 4.98 Å². The second-order valence-electron chi connectivity index (χ2n) is 6.72. The zero-order valence-corrected chi connectivity index (χ0v) is 15.3. The van der Waals surface area contributed by atoms with Crippen LogP contribution in [0.1, 0.15) is 50.2 Å². The van der Waals surface area contributed by atoms with Crippen LogP contribution in [-0.2, 0) is 4.74 Å². The molecule has 0 aliphatic carbocycles. The number of anilines is 1. The van der Waals surface area contributed by atoms with Gasteiger partial charge in [0.1, 0.15) is 11.3 Å². The monoisotopic (exact) mass is 351 g/mol. The predicted molar refractivity (Wildman–Crippen MR) is 98.9 cm³/mol. The fourth-order valence-electron chi connectivity index (χ4n) is 2.29. The van der Waals surface area contributed by atoms with Crippen LogP contribution in [0.4, 0.5) is 10.5 Å². The summed E-state index contributed by atoms with van der Waals surface area (Å²) in [6.45, 7) is 7.00. The lowest BCUT2D eigenvalue weighted by Crippen LogP contribution is -2.28. The maximum Gasteiger partial charge on any atom is 0.412 e. The van der Waals surface area contributed by atoms with Crippen molar-refractivity contribution in [3.8, 4) is 17.2 Å². The number of hydrogen-bond acceptors (Lipinski definition) is 5. The van der Waals surface area contributed by atoms with Crippen molar-refractivity contribution in [3.05, 3.63) is 47.8 Å². The number of ether oxygens (including phenoxy) is 1. The Hall–Kier alpha value is -3.20. The fourth-order valence-corrected chi connectivity index (χ4v) is 2.29. The highest BCUT2D eigenvalue weighted by Crippen LogP contribution is 2.26.